The molecule has 3 saturated carbocycles. The summed E-state index contributed by atoms with van der Waals surface area (Å²) in [7, 11) is 1.70. The highest BCUT2D eigenvalue weighted by Crippen LogP contribution is 2.46. The molecule has 6 heteroatoms. The normalized spacial score (nSPS) is 18.9. The van der Waals surface area contributed by atoms with Crippen LogP contribution in [0, 0.1) is 24.7 Å². The Morgan fingerprint density at radius 1 is 1.00 bits per heavy atom. The summed E-state index contributed by atoms with van der Waals surface area (Å²) in [6.45, 7) is 1.99. The minimum absolute atomic E-state index is 0.542. The van der Waals surface area contributed by atoms with E-state index in [0.29, 0.717) is 6.04 Å². The lowest BCUT2D eigenvalue weighted by atomic mass is 10.1. The Kier molecular flexibility index (Phi) is 4.22. The summed E-state index contributed by atoms with van der Waals surface area (Å²) < 4.78 is 7.59. The van der Waals surface area contributed by atoms with Crippen LogP contribution in [0.15, 0.2) is 24.3 Å². The fraction of sp³-hybridized carbons (Fsp3) is 0.542. The molecular weight excluding hydrogens is 374 g/mol. The Balaban J connectivity index is 1.46. The molecule has 6 nitrogen and oxygen atoms in total. The van der Waals surface area contributed by atoms with Gasteiger partial charge in [-0.15, -0.1) is 0 Å². The second-order valence-corrected chi connectivity index (χ2v) is 9.35. The summed E-state index contributed by atoms with van der Waals surface area (Å²) in [5.74, 6) is 6.02. The highest BCUT2D eigenvalue weighted by Gasteiger charge is 2.42. The summed E-state index contributed by atoms with van der Waals surface area (Å²) in [4.78, 5) is 14.8. The van der Waals surface area contributed by atoms with Crippen LogP contribution in [0.3, 0.4) is 0 Å². The second kappa shape index (κ2) is 6.96. The minimum atomic E-state index is 0.542. The molecule has 0 amide bonds. The van der Waals surface area contributed by atoms with E-state index in [0.717, 1.165) is 64.2 Å². The van der Waals surface area contributed by atoms with E-state index in [-0.39, 0.29) is 0 Å². The highest BCUT2D eigenvalue weighted by atomic mass is 16.5. The smallest absolute Gasteiger partial charge is 0.170 e. The number of aryl methyl sites for hydroxylation is 1. The first-order chi connectivity index (χ1) is 14.7. The molecule has 0 atom stereocenters. The molecule has 1 N–H and O–H groups in total. The van der Waals surface area contributed by atoms with E-state index in [2.05, 4.69) is 22.0 Å². The van der Waals surface area contributed by atoms with Crippen LogP contribution in [-0.2, 0) is 6.42 Å². The molecule has 3 aromatic rings. The van der Waals surface area contributed by atoms with Crippen molar-refractivity contribution in [3.63, 3.8) is 0 Å². The van der Waals surface area contributed by atoms with Gasteiger partial charge in [-0.1, -0.05) is 0 Å². The first-order valence-corrected chi connectivity index (χ1v) is 11.4. The zero-order valence-electron chi connectivity index (χ0n) is 17.8. The lowest BCUT2D eigenvalue weighted by Gasteiger charge is -2.18. The lowest BCUT2D eigenvalue weighted by molar-refractivity contribution is 0.414. The van der Waals surface area contributed by atoms with Gasteiger partial charge < -0.3 is 10.1 Å². The Morgan fingerprint density at radius 3 is 2.30 bits per heavy atom. The zero-order chi connectivity index (χ0) is 20.2. The number of fused-ring (bicyclic) bond motifs is 1. The standard InChI is InChI=1S/C24H29N5O/c1-14-25-23(28-21(16-5-6-16)17-7-8-17)22-24(26-14)29(20(27-22)13-15-3-4-15)18-9-11-19(30-2)12-10-18/h9-12,15-17,21H,3-8,13H2,1-2H3,(H,25,26,28). The van der Waals surface area contributed by atoms with Crippen LogP contribution >= 0.6 is 0 Å². The van der Waals surface area contributed by atoms with E-state index in [1.165, 1.54) is 38.5 Å². The molecule has 1 aromatic carbocycles. The summed E-state index contributed by atoms with van der Waals surface area (Å²) in [5.41, 5.74) is 2.91. The molecule has 0 radical (unpaired) electrons. The van der Waals surface area contributed by atoms with Gasteiger partial charge in [0.2, 0.25) is 0 Å². The van der Waals surface area contributed by atoms with Crippen LogP contribution in [0.2, 0.25) is 0 Å². The third-order valence-electron chi connectivity index (χ3n) is 6.75. The van der Waals surface area contributed by atoms with E-state index in [9.17, 15) is 0 Å². The Labute approximate surface area is 177 Å². The monoisotopic (exact) mass is 403 g/mol. The molecule has 0 aliphatic heterocycles. The third-order valence-corrected chi connectivity index (χ3v) is 6.75. The number of hydrogen-bond donors (Lipinski definition) is 1. The lowest BCUT2D eigenvalue weighted by Crippen LogP contribution is -2.25. The molecule has 3 aliphatic carbocycles. The van der Waals surface area contributed by atoms with Gasteiger partial charge in [-0.2, -0.15) is 0 Å². The van der Waals surface area contributed by atoms with Gasteiger partial charge >= 0.3 is 0 Å². The fourth-order valence-corrected chi connectivity index (χ4v) is 4.62. The molecule has 0 spiro atoms. The van der Waals surface area contributed by atoms with Crippen molar-refractivity contribution in [2.24, 2.45) is 17.8 Å². The highest BCUT2D eigenvalue weighted by molar-refractivity contribution is 5.85. The van der Waals surface area contributed by atoms with E-state index in [4.69, 9.17) is 19.7 Å². The van der Waals surface area contributed by atoms with Crippen molar-refractivity contribution in [2.45, 2.75) is 57.9 Å². The Bertz CT molecular complexity index is 1070. The van der Waals surface area contributed by atoms with Crippen LogP contribution in [0.5, 0.6) is 5.75 Å². The molecular formula is C24H29N5O. The Morgan fingerprint density at radius 2 is 1.70 bits per heavy atom. The number of nitrogens with zero attached hydrogens (tertiary/aromatic N) is 4. The average Bonchev–Trinajstić information content (AvgIpc) is 3.60. The molecule has 6 rings (SSSR count). The molecule has 0 unspecified atom stereocenters. The summed E-state index contributed by atoms with van der Waals surface area (Å²) in [6.07, 6.45) is 8.96. The molecule has 0 bridgehead atoms. The summed E-state index contributed by atoms with van der Waals surface area (Å²) in [5, 5.41) is 3.82. The van der Waals surface area contributed by atoms with Crippen LogP contribution in [0.1, 0.15) is 50.2 Å². The van der Waals surface area contributed by atoms with Crippen molar-refractivity contribution < 1.29 is 4.74 Å². The predicted molar refractivity (Wildman–Crippen MR) is 117 cm³/mol. The van der Waals surface area contributed by atoms with Gasteiger partial charge in [-0.05, 0) is 87.5 Å². The van der Waals surface area contributed by atoms with Gasteiger partial charge in [0.15, 0.2) is 17.0 Å². The largest absolute Gasteiger partial charge is 0.497 e. The number of benzene rings is 1. The van der Waals surface area contributed by atoms with Crippen molar-refractivity contribution in [2.75, 3.05) is 12.4 Å². The maximum atomic E-state index is 5.36. The molecule has 30 heavy (non-hydrogen) atoms. The molecule has 3 fully saturated rings. The van der Waals surface area contributed by atoms with Crippen molar-refractivity contribution in [3.8, 4) is 11.4 Å². The van der Waals surface area contributed by atoms with Crippen molar-refractivity contribution in [1.82, 2.24) is 19.5 Å². The number of rotatable bonds is 8. The van der Waals surface area contributed by atoms with E-state index in [1.54, 1.807) is 7.11 Å². The SMILES string of the molecule is COc1ccc(-n2c(CC3CC3)nc3c(NC(C4CC4)C4CC4)nc(C)nc32)cc1. The predicted octanol–water partition coefficient (Wildman–Crippen LogP) is 4.69. The van der Waals surface area contributed by atoms with E-state index < -0.39 is 0 Å². The zero-order valence-corrected chi connectivity index (χ0v) is 17.8. The third kappa shape index (κ3) is 3.42. The molecule has 2 aromatic heterocycles. The van der Waals surface area contributed by atoms with Crippen molar-refractivity contribution in [3.05, 3.63) is 35.9 Å². The molecule has 0 saturated heterocycles. The van der Waals surface area contributed by atoms with Crippen LogP contribution in [0.4, 0.5) is 5.82 Å². The van der Waals surface area contributed by atoms with E-state index in [1.807, 2.05) is 19.1 Å². The van der Waals surface area contributed by atoms with Gasteiger partial charge in [-0.25, -0.2) is 15.0 Å². The fourth-order valence-electron chi connectivity index (χ4n) is 4.62. The number of nitrogens with one attached hydrogen (secondary N) is 1. The minimum Gasteiger partial charge on any atom is -0.497 e. The van der Waals surface area contributed by atoms with Crippen LogP contribution < -0.4 is 10.1 Å². The maximum Gasteiger partial charge on any atom is 0.170 e. The number of aromatic nitrogens is 4. The number of ether oxygens (including phenoxy) is 1. The summed E-state index contributed by atoms with van der Waals surface area (Å²) >= 11 is 0. The van der Waals surface area contributed by atoms with Gasteiger partial charge in [0.25, 0.3) is 0 Å². The van der Waals surface area contributed by atoms with Crippen molar-refractivity contribution >= 4 is 17.0 Å². The summed E-state index contributed by atoms with van der Waals surface area (Å²) in [6, 6.07) is 8.74. The quantitative estimate of drug-likeness (QED) is 0.591. The van der Waals surface area contributed by atoms with Gasteiger partial charge in [-0.3, -0.25) is 4.57 Å². The number of methoxy groups -OCH3 is 1. The number of anilines is 1. The maximum absolute atomic E-state index is 5.36. The van der Waals surface area contributed by atoms with Crippen LogP contribution in [0.25, 0.3) is 16.9 Å². The second-order valence-electron chi connectivity index (χ2n) is 9.35. The first-order valence-electron chi connectivity index (χ1n) is 11.4. The number of imidazole rings is 1. The van der Waals surface area contributed by atoms with Crippen molar-refractivity contribution in [1.29, 1.82) is 0 Å². The van der Waals surface area contributed by atoms with Gasteiger partial charge in [0.1, 0.15) is 17.4 Å². The molecule has 156 valence electrons. The average molecular weight is 404 g/mol. The van der Waals surface area contributed by atoms with Gasteiger partial charge in [0, 0.05) is 18.2 Å². The molecule has 3 aliphatic rings. The first kappa shape index (κ1) is 18.2. The van der Waals surface area contributed by atoms with Crippen LogP contribution in [-0.4, -0.2) is 32.7 Å². The van der Waals surface area contributed by atoms with E-state index >= 15 is 0 Å². The number of hydrogen-bond acceptors (Lipinski definition) is 5. The Hall–Kier alpha value is -2.63. The van der Waals surface area contributed by atoms with Gasteiger partial charge in [0.05, 0.1) is 7.11 Å². The molecule has 2 heterocycles. The topological polar surface area (TPSA) is 64.9 Å².